The summed E-state index contributed by atoms with van der Waals surface area (Å²) in [7, 11) is 2.05. The smallest absolute Gasteiger partial charge is 0.111 e. The van der Waals surface area contributed by atoms with E-state index >= 15 is 0 Å². The maximum atomic E-state index is 4.46. The number of hydrogen-bond donors (Lipinski definition) is 1. The summed E-state index contributed by atoms with van der Waals surface area (Å²) in [5.74, 6) is 1.10. The standard InChI is InChI=1S/C12H17N3.ClH/c1-15-10-9-13-12(14-15)8-7-11-5-3-2-4-6-11;/h2-6H,7-10H2,1H3,(H,13,14);1H. The lowest BCUT2D eigenvalue weighted by molar-refractivity contribution is 0.284. The SMILES string of the molecule is CN1CCN=C(CCc2ccccc2)N1.Cl. The highest BCUT2D eigenvalue weighted by Crippen LogP contribution is 2.04. The molecule has 1 aromatic carbocycles. The second-order valence-corrected chi connectivity index (χ2v) is 3.85. The maximum Gasteiger partial charge on any atom is 0.111 e. The van der Waals surface area contributed by atoms with Crippen molar-refractivity contribution in [2.75, 3.05) is 20.1 Å². The van der Waals surface area contributed by atoms with Crippen LogP contribution in [0.3, 0.4) is 0 Å². The monoisotopic (exact) mass is 239 g/mol. The highest BCUT2D eigenvalue weighted by atomic mass is 35.5. The number of likely N-dealkylation sites (N-methyl/N-ethyl adjacent to an activating group) is 1. The van der Waals surface area contributed by atoms with E-state index in [4.69, 9.17) is 0 Å². The molecule has 0 aromatic heterocycles. The van der Waals surface area contributed by atoms with Gasteiger partial charge in [-0.05, 0) is 12.0 Å². The van der Waals surface area contributed by atoms with E-state index in [1.807, 2.05) is 6.07 Å². The minimum Gasteiger partial charge on any atom is -0.307 e. The number of benzene rings is 1. The molecule has 0 amide bonds. The molecule has 0 aliphatic carbocycles. The number of halogens is 1. The zero-order chi connectivity index (χ0) is 10.5. The van der Waals surface area contributed by atoms with Gasteiger partial charge in [0.1, 0.15) is 5.84 Å². The Kier molecular flexibility index (Phi) is 5.29. The quantitative estimate of drug-likeness (QED) is 0.873. The van der Waals surface area contributed by atoms with Crippen LogP contribution >= 0.6 is 12.4 Å². The molecular formula is C12H18ClN3. The van der Waals surface area contributed by atoms with E-state index in [1.54, 1.807) is 0 Å². The lowest BCUT2D eigenvalue weighted by Crippen LogP contribution is -2.44. The summed E-state index contributed by atoms with van der Waals surface area (Å²) >= 11 is 0. The normalized spacial score (nSPS) is 15.9. The zero-order valence-electron chi connectivity index (χ0n) is 9.52. The number of aliphatic imine (C=N–C) groups is 1. The Labute approximate surface area is 103 Å². The second kappa shape index (κ2) is 6.51. The van der Waals surface area contributed by atoms with Crippen LogP contribution in [0.4, 0.5) is 0 Å². The molecule has 1 heterocycles. The van der Waals surface area contributed by atoms with Gasteiger partial charge in [-0.3, -0.25) is 4.99 Å². The van der Waals surface area contributed by atoms with Crippen LogP contribution in [0, 0.1) is 0 Å². The molecular weight excluding hydrogens is 222 g/mol. The zero-order valence-corrected chi connectivity index (χ0v) is 10.3. The summed E-state index contributed by atoms with van der Waals surface area (Å²) < 4.78 is 0. The number of nitrogens with one attached hydrogen (secondary N) is 1. The molecule has 0 saturated carbocycles. The third-order valence-corrected chi connectivity index (χ3v) is 2.55. The number of nitrogens with zero attached hydrogens (tertiary/aromatic N) is 2. The highest BCUT2D eigenvalue weighted by molar-refractivity contribution is 5.85. The Bertz CT molecular complexity index is 337. The molecule has 3 nitrogen and oxygen atoms in total. The number of hydrazine groups is 1. The molecule has 0 unspecified atom stereocenters. The molecule has 0 saturated heterocycles. The van der Waals surface area contributed by atoms with Crippen molar-refractivity contribution in [1.29, 1.82) is 0 Å². The van der Waals surface area contributed by atoms with Crippen LogP contribution < -0.4 is 5.43 Å². The van der Waals surface area contributed by atoms with E-state index < -0.39 is 0 Å². The van der Waals surface area contributed by atoms with Gasteiger partial charge in [-0.1, -0.05) is 30.3 Å². The van der Waals surface area contributed by atoms with Gasteiger partial charge in [0, 0.05) is 20.0 Å². The van der Waals surface area contributed by atoms with Crippen molar-refractivity contribution in [2.45, 2.75) is 12.8 Å². The van der Waals surface area contributed by atoms with E-state index in [1.165, 1.54) is 5.56 Å². The van der Waals surface area contributed by atoms with E-state index in [0.717, 1.165) is 31.8 Å². The predicted octanol–water partition coefficient (Wildman–Crippen LogP) is 1.89. The molecule has 0 bridgehead atoms. The van der Waals surface area contributed by atoms with Gasteiger partial charge in [0.05, 0.1) is 6.54 Å². The first kappa shape index (κ1) is 13.0. The van der Waals surface area contributed by atoms with Crippen LogP contribution in [0.2, 0.25) is 0 Å². The minimum atomic E-state index is 0. The summed E-state index contributed by atoms with van der Waals surface area (Å²) in [4.78, 5) is 4.46. The van der Waals surface area contributed by atoms with Crippen molar-refractivity contribution >= 4 is 18.2 Å². The molecule has 0 spiro atoms. The van der Waals surface area contributed by atoms with E-state index in [2.05, 4.69) is 46.7 Å². The molecule has 16 heavy (non-hydrogen) atoms. The molecule has 0 fully saturated rings. The van der Waals surface area contributed by atoms with Gasteiger partial charge in [0.2, 0.25) is 0 Å². The summed E-state index contributed by atoms with van der Waals surface area (Å²) in [5, 5.41) is 2.09. The Hall–Kier alpha value is -1.06. The van der Waals surface area contributed by atoms with Gasteiger partial charge in [0.25, 0.3) is 0 Å². The molecule has 1 aromatic rings. The third-order valence-electron chi connectivity index (χ3n) is 2.55. The first-order chi connectivity index (χ1) is 7.34. The molecule has 0 radical (unpaired) electrons. The van der Waals surface area contributed by atoms with E-state index in [9.17, 15) is 0 Å². The van der Waals surface area contributed by atoms with Crippen molar-refractivity contribution in [2.24, 2.45) is 4.99 Å². The molecule has 2 rings (SSSR count). The van der Waals surface area contributed by atoms with Crippen LogP contribution in [-0.4, -0.2) is 31.0 Å². The van der Waals surface area contributed by atoms with Crippen LogP contribution in [0.1, 0.15) is 12.0 Å². The van der Waals surface area contributed by atoms with Crippen molar-refractivity contribution in [3.05, 3.63) is 35.9 Å². The first-order valence-electron chi connectivity index (χ1n) is 5.39. The largest absolute Gasteiger partial charge is 0.307 e. The Morgan fingerprint density at radius 1 is 1.25 bits per heavy atom. The average Bonchev–Trinajstić information content (AvgIpc) is 2.28. The summed E-state index contributed by atoms with van der Waals surface area (Å²) in [6.45, 7) is 1.91. The number of rotatable bonds is 3. The fraction of sp³-hybridized carbons (Fsp3) is 0.417. The van der Waals surface area contributed by atoms with Gasteiger partial charge in [-0.15, -0.1) is 12.4 Å². The van der Waals surface area contributed by atoms with Gasteiger partial charge in [-0.2, -0.15) is 0 Å². The summed E-state index contributed by atoms with van der Waals surface area (Å²) in [6, 6.07) is 10.5. The lowest BCUT2D eigenvalue weighted by atomic mass is 10.1. The number of aryl methyl sites for hydroxylation is 1. The lowest BCUT2D eigenvalue weighted by Gasteiger charge is -2.24. The van der Waals surface area contributed by atoms with Gasteiger partial charge < -0.3 is 5.43 Å². The fourth-order valence-corrected chi connectivity index (χ4v) is 1.69. The third kappa shape index (κ3) is 3.83. The minimum absolute atomic E-state index is 0. The second-order valence-electron chi connectivity index (χ2n) is 3.85. The Morgan fingerprint density at radius 3 is 2.69 bits per heavy atom. The average molecular weight is 240 g/mol. The van der Waals surface area contributed by atoms with Crippen LogP contribution in [0.25, 0.3) is 0 Å². The molecule has 1 aliphatic heterocycles. The molecule has 4 heteroatoms. The van der Waals surface area contributed by atoms with Crippen molar-refractivity contribution in [3.63, 3.8) is 0 Å². The Balaban J connectivity index is 0.00000128. The highest BCUT2D eigenvalue weighted by Gasteiger charge is 2.07. The van der Waals surface area contributed by atoms with Crippen molar-refractivity contribution in [1.82, 2.24) is 10.4 Å². The molecule has 88 valence electrons. The van der Waals surface area contributed by atoms with Crippen molar-refractivity contribution < 1.29 is 0 Å². The topological polar surface area (TPSA) is 27.6 Å². The maximum absolute atomic E-state index is 4.46. The molecule has 0 atom stereocenters. The summed E-state index contributed by atoms with van der Waals surface area (Å²) in [6.07, 6.45) is 2.05. The summed E-state index contributed by atoms with van der Waals surface area (Å²) in [5.41, 5.74) is 4.64. The van der Waals surface area contributed by atoms with Crippen LogP contribution in [0.5, 0.6) is 0 Å². The van der Waals surface area contributed by atoms with E-state index in [0.29, 0.717) is 0 Å². The van der Waals surface area contributed by atoms with Gasteiger partial charge in [0.15, 0.2) is 0 Å². The van der Waals surface area contributed by atoms with Gasteiger partial charge >= 0.3 is 0 Å². The van der Waals surface area contributed by atoms with Crippen LogP contribution in [0.15, 0.2) is 35.3 Å². The van der Waals surface area contributed by atoms with Gasteiger partial charge in [-0.25, -0.2) is 5.01 Å². The van der Waals surface area contributed by atoms with Crippen LogP contribution in [-0.2, 0) is 6.42 Å². The molecule has 1 N–H and O–H groups in total. The molecule has 1 aliphatic rings. The fourth-order valence-electron chi connectivity index (χ4n) is 1.69. The predicted molar refractivity (Wildman–Crippen MR) is 70.1 cm³/mol. The number of hydrogen-bond acceptors (Lipinski definition) is 3. The van der Waals surface area contributed by atoms with E-state index in [-0.39, 0.29) is 12.4 Å². The number of amidine groups is 1. The van der Waals surface area contributed by atoms with Crippen molar-refractivity contribution in [3.8, 4) is 0 Å². The Morgan fingerprint density at radius 2 is 2.00 bits per heavy atom. The first-order valence-corrected chi connectivity index (χ1v) is 5.39.